The van der Waals surface area contributed by atoms with Gasteiger partial charge >= 0.3 is 12.0 Å². The van der Waals surface area contributed by atoms with Crippen LogP contribution in [0.1, 0.15) is 45.4 Å². The summed E-state index contributed by atoms with van der Waals surface area (Å²) in [5.41, 5.74) is 0.195. The van der Waals surface area contributed by atoms with E-state index < -0.39 is 5.97 Å². The molecular formula is C14H26N2O4. The number of urea groups is 1. The predicted octanol–water partition coefficient (Wildman–Crippen LogP) is 1.75. The van der Waals surface area contributed by atoms with Crippen LogP contribution in [-0.4, -0.2) is 43.4 Å². The number of hydrogen-bond acceptors (Lipinski definition) is 3. The Morgan fingerprint density at radius 1 is 1.40 bits per heavy atom. The van der Waals surface area contributed by atoms with Crippen LogP contribution < -0.4 is 10.6 Å². The van der Waals surface area contributed by atoms with Crippen LogP contribution in [0.5, 0.6) is 0 Å². The Labute approximate surface area is 120 Å². The number of hydrogen-bond donors (Lipinski definition) is 3. The van der Waals surface area contributed by atoms with Gasteiger partial charge in [0.15, 0.2) is 0 Å². The molecule has 116 valence electrons. The lowest BCUT2D eigenvalue weighted by atomic mass is 10.0. The van der Waals surface area contributed by atoms with Gasteiger partial charge in [-0.2, -0.15) is 0 Å². The van der Waals surface area contributed by atoms with Crippen molar-refractivity contribution in [1.82, 2.24) is 10.6 Å². The molecule has 1 saturated carbocycles. The highest BCUT2D eigenvalue weighted by Crippen LogP contribution is 2.48. The molecule has 0 spiro atoms. The Morgan fingerprint density at radius 2 is 2.10 bits per heavy atom. The summed E-state index contributed by atoms with van der Waals surface area (Å²) in [6, 6.07) is -0.569. The Kier molecular flexibility index (Phi) is 6.78. The Hall–Kier alpha value is -1.30. The van der Waals surface area contributed by atoms with Gasteiger partial charge in [-0.1, -0.05) is 13.3 Å². The summed E-state index contributed by atoms with van der Waals surface area (Å²) in [7, 11) is 1.68. The Bertz CT molecular complexity index is 329. The fourth-order valence-electron chi connectivity index (χ4n) is 2.30. The van der Waals surface area contributed by atoms with Crippen molar-refractivity contribution in [1.29, 1.82) is 0 Å². The molecule has 0 aromatic heterocycles. The largest absolute Gasteiger partial charge is 0.481 e. The highest BCUT2D eigenvalue weighted by Gasteiger charge is 2.42. The number of carbonyl (C=O) groups excluding carboxylic acids is 1. The number of aliphatic carboxylic acids is 1. The second-order valence-electron chi connectivity index (χ2n) is 5.65. The second-order valence-corrected chi connectivity index (χ2v) is 5.65. The fraction of sp³-hybridized carbons (Fsp3) is 0.857. The summed E-state index contributed by atoms with van der Waals surface area (Å²) in [4.78, 5) is 22.5. The minimum Gasteiger partial charge on any atom is -0.481 e. The molecular weight excluding hydrogens is 260 g/mol. The van der Waals surface area contributed by atoms with Crippen molar-refractivity contribution >= 4 is 12.0 Å². The molecule has 6 nitrogen and oxygen atoms in total. The van der Waals surface area contributed by atoms with Gasteiger partial charge in [-0.05, 0) is 31.1 Å². The molecule has 0 radical (unpaired) electrons. The first-order valence-corrected chi connectivity index (χ1v) is 7.26. The number of carbonyl (C=O) groups is 2. The lowest BCUT2D eigenvalue weighted by Gasteiger charge is -2.19. The van der Waals surface area contributed by atoms with Crippen LogP contribution in [0.4, 0.5) is 4.79 Å². The van der Waals surface area contributed by atoms with Crippen molar-refractivity contribution in [2.24, 2.45) is 5.41 Å². The minimum absolute atomic E-state index is 0.0317. The van der Waals surface area contributed by atoms with Crippen LogP contribution >= 0.6 is 0 Å². The van der Waals surface area contributed by atoms with E-state index in [4.69, 9.17) is 9.84 Å². The molecule has 0 aromatic carbocycles. The van der Waals surface area contributed by atoms with E-state index in [1.165, 1.54) is 0 Å². The average Bonchev–Trinajstić information content (AvgIpc) is 3.14. The van der Waals surface area contributed by atoms with Crippen molar-refractivity contribution in [3.8, 4) is 0 Å². The molecule has 1 rings (SSSR count). The quantitative estimate of drug-likeness (QED) is 0.571. The first-order chi connectivity index (χ1) is 9.51. The van der Waals surface area contributed by atoms with Crippen LogP contribution in [0.3, 0.4) is 0 Å². The smallest absolute Gasteiger partial charge is 0.315 e. The van der Waals surface area contributed by atoms with E-state index >= 15 is 0 Å². The first kappa shape index (κ1) is 16.8. The van der Waals surface area contributed by atoms with Gasteiger partial charge < -0.3 is 20.5 Å². The first-order valence-electron chi connectivity index (χ1n) is 7.26. The molecule has 6 heteroatoms. The van der Waals surface area contributed by atoms with Crippen LogP contribution in [0.15, 0.2) is 0 Å². The topological polar surface area (TPSA) is 87.7 Å². The summed E-state index contributed by atoms with van der Waals surface area (Å²) < 4.78 is 5.07. The van der Waals surface area contributed by atoms with Crippen LogP contribution in [0.25, 0.3) is 0 Å². The van der Waals surface area contributed by atoms with Crippen molar-refractivity contribution in [2.45, 2.75) is 51.5 Å². The molecule has 2 amide bonds. The third-order valence-corrected chi connectivity index (χ3v) is 3.81. The standard InChI is InChI=1S/C14H26N2O4/c1-3-4-11(9-12(17)18)16-13(19)15-10-14(5-6-14)7-8-20-2/h11H,3-10H2,1-2H3,(H,17,18)(H2,15,16,19). The van der Waals surface area contributed by atoms with Gasteiger partial charge in [0.05, 0.1) is 6.42 Å². The lowest BCUT2D eigenvalue weighted by Crippen LogP contribution is -2.44. The van der Waals surface area contributed by atoms with Gasteiger partial charge in [-0.3, -0.25) is 4.79 Å². The number of amides is 2. The van der Waals surface area contributed by atoms with Gasteiger partial charge in [-0.15, -0.1) is 0 Å². The van der Waals surface area contributed by atoms with Gasteiger partial charge in [0, 0.05) is 26.3 Å². The number of rotatable bonds is 10. The monoisotopic (exact) mass is 286 g/mol. The summed E-state index contributed by atoms with van der Waals surface area (Å²) in [6.45, 7) is 3.31. The van der Waals surface area contributed by atoms with Crippen molar-refractivity contribution in [2.75, 3.05) is 20.3 Å². The molecule has 1 unspecified atom stereocenters. The zero-order chi connectivity index (χ0) is 15.0. The number of carboxylic acids is 1. The highest BCUT2D eigenvalue weighted by molar-refractivity contribution is 5.75. The van der Waals surface area contributed by atoms with Crippen molar-refractivity contribution in [3.63, 3.8) is 0 Å². The van der Waals surface area contributed by atoms with E-state index in [2.05, 4.69) is 10.6 Å². The van der Waals surface area contributed by atoms with Crippen LogP contribution in [0.2, 0.25) is 0 Å². The molecule has 0 aliphatic heterocycles. The summed E-state index contributed by atoms with van der Waals surface area (Å²) in [5.74, 6) is -0.887. The van der Waals surface area contributed by atoms with E-state index in [1.807, 2.05) is 6.92 Å². The van der Waals surface area contributed by atoms with Crippen molar-refractivity contribution < 1.29 is 19.4 Å². The third kappa shape index (κ3) is 6.23. The van der Waals surface area contributed by atoms with Crippen molar-refractivity contribution in [3.05, 3.63) is 0 Å². The van der Waals surface area contributed by atoms with Crippen LogP contribution in [0, 0.1) is 5.41 Å². The van der Waals surface area contributed by atoms with E-state index in [0.29, 0.717) is 19.6 Å². The number of nitrogens with one attached hydrogen (secondary N) is 2. The second kappa shape index (κ2) is 8.09. The summed E-state index contributed by atoms with van der Waals surface area (Å²) in [5, 5.41) is 14.4. The third-order valence-electron chi connectivity index (χ3n) is 3.81. The molecule has 1 aliphatic carbocycles. The Balaban J connectivity index is 2.29. The molecule has 0 bridgehead atoms. The van der Waals surface area contributed by atoms with Gasteiger partial charge in [-0.25, -0.2) is 4.79 Å². The molecule has 20 heavy (non-hydrogen) atoms. The maximum atomic E-state index is 11.8. The Morgan fingerprint density at radius 3 is 2.60 bits per heavy atom. The van der Waals surface area contributed by atoms with Gasteiger partial charge in [0.25, 0.3) is 0 Å². The number of ether oxygens (including phenoxy) is 1. The molecule has 1 aliphatic rings. The fourth-order valence-corrected chi connectivity index (χ4v) is 2.30. The highest BCUT2D eigenvalue weighted by atomic mass is 16.5. The van der Waals surface area contributed by atoms with Gasteiger partial charge in [0.1, 0.15) is 0 Å². The van der Waals surface area contributed by atoms with Crippen LogP contribution in [-0.2, 0) is 9.53 Å². The summed E-state index contributed by atoms with van der Waals surface area (Å²) in [6.07, 6.45) is 4.67. The molecule has 1 atom stereocenters. The van der Waals surface area contributed by atoms with E-state index in [-0.39, 0.29) is 23.9 Å². The van der Waals surface area contributed by atoms with E-state index in [0.717, 1.165) is 25.7 Å². The number of carboxylic acid groups (broad SMARTS) is 1. The normalized spacial score (nSPS) is 17.3. The zero-order valence-corrected chi connectivity index (χ0v) is 12.4. The molecule has 0 saturated heterocycles. The lowest BCUT2D eigenvalue weighted by molar-refractivity contribution is -0.137. The average molecular weight is 286 g/mol. The molecule has 0 aromatic rings. The predicted molar refractivity (Wildman–Crippen MR) is 75.6 cm³/mol. The molecule has 0 heterocycles. The number of methoxy groups -OCH3 is 1. The minimum atomic E-state index is -0.887. The molecule has 1 fully saturated rings. The maximum absolute atomic E-state index is 11.8. The molecule has 3 N–H and O–H groups in total. The van der Waals surface area contributed by atoms with E-state index in [1.54, 1.807) is 7.11 Å². The summed E-state index contributed by atoms with van der Waals surface area (Å²) >= 11 is 0. The van der Waals surface area contributed by atoms with Gasteiger partial charge in [0.2, 0.25) is 0 Å². The maximum Gasteiger partial charge on any atom is 0.315 e. The van der Waals surface area contributed by atoms with E-state index in [9.17, 15) is 9.59 Å². The SMILES string of the molecule is CCCC(CC(=O)O)NC(=O)NCC1(CCOC)CC1. The zero-order valence-electron chi connectivity index (χ0n) is 12.4.